The quantitative estimate of drug-likeness (QED) is 0.0957. The van der Waals surface area contributed by atoms with Gasteiger partial charge >= 0.3 is 0 Å². The van der Waals surface area contributed by atoms with E-state index in [1.165, 1.54) is 4.90 Å². The molecule has 17 heteroatoms. The number of aliphatic hydroxyl groups is 1. The van der Waals surface area contributed by atoms with E-state index in [-0.39, 0.29) is 60.6 Å². The molecule has 1 aliphatic carbocycles. The first-order valence-corrected chi connectivity index (χ1v) is 25.2. The molecule has 5 N–H and O–H groups in total. The van der Waals surface area contributed by atoms with Gasteiger partial charge in [0.1, 0.15) is 23.5 Å². The molecule has 4 atom stereocenters. The van der Waals surface area contributed by atoms with E-state index in [2.05, 4.69) is 47.2 Å². The number of aliphatic hydroxyl groups excluding tert-OH is 1. The van der Waals surface area contributed by atoms with Crippen LogP contribution in [0.1, 0.15) is 94.6 Å². The highest BCUT2D eigenvalue weighted by atomic mass is 16.5. The number of nitrogens with zero attached hydrogens (tertiary/aromatic N) is 9. The Hall–Kier alpha value is -6.74. The van der Waals surface area contributed by atoms with Crippen LogP contribution in [0.4, 0.5) is 11.6 Å². The molecule has 2 amide bonds. The third-order valence-electron chi connectivity index (χ3n) is 15.0. The second-order valence-corrected chi connectivity index (χ2v) is 20.4. The lowest BCUT2D eigenvalue weighted by atomic mass is 9.82. The molecular formula is C54H65N11O6. The first kappa shape index (κ1) is 47.9. The van der Waals surface area contributed by atoms with Gasteiger partial charge in [-0.05, 0) is 86.6 Å². The van der Waals surface area contributed by atoms with E-state index >= 15 is 0 Å². The summed E-state index contributed by atoms with van der Waals surface area (Å²) in [4.78, 5) is 43.5. The van der Waals surface area contributed by atoms with Gasteiger partial charge in [0, 0.05) is 88.9 Å². The molecule has 4 aromatic heterocycles. The smallest absolute Gasteiger partial charge is 0.243 e. The molecular weight excluding hydrogens is 899 g/mol. The SMILES string of the molecule is CC(C)[C@@H](C(=O)N1C[C@H](O)C[C@H]1C(=O)N[C@@H](C)c1ccc(-c2ccnn2C)cc1)c1cc(N2CCC(CN3CCC(O[C@H]4C[C@H](C#Cc5cn6cc(-c7ccccc7O)nc6nc5N)C4)CC3)CC2)no1. The lowest BCUT2D eigenvalue weighted by molar-refractivity contribution is -0.141. The average molecular weight is 964 g/mol. The van der Waals surface area contributed by atoms with Crippen LogP contribution in [0, 0.1) is 29.6 Å². The number of phenols is 1. The largest absolute Gasteiger partial charge is 0.507 e. The number of amides is 2. The molecule has 0 unspecified atom stereocenters. The molecule has 3 saturated heterocycles. The van der Waals surface area contributed by atoms with Crippen molar-refractivity contribution >= 4 is 29.2 Å². The highest BCUT2D eigenvalue weighted by Gasteiger charge is 2.44. The van der Waals surface area contributed by atoms with Gasteiger partial charge in [-0.3, -0.25) is 18.7 Å². The van der Waals surface area contributed by atoms with Crippen LogP contribution in [0.15, 0.2) is 83.8 Å². The van der Waals surface area contributed by atoms with Crippen molar-refractivity contribution in [2.75, 3.05) is 49.9 Å². The number of nitrogen functional groups attached to an aromatic ring is 1. The number of likely N-dealkylation sites (tertiary alicyclic amines) is 2. The topological polar surface area (TPSA) is 206 Å². The summed E-state index contributed by atoms with van der Waals surface area (Å²) < 4.78 is 16.1. The molecule has 2 aromatic carbocycles. The number of anilines is 2. The maximum atomic E-state index is 14.3. The van der Waals surface area contributed by atoms with Crippen LogP contribution in [-0.2, 0) is 21.4 Å². The predicted molar refractivity (Wildman–Crippen MR) is 269 cm³/mol. The number of fused-ring (bicyclic) bond motifs is 1. The molecule has 6 aromatic rings. The van der Waals surface area contributed by atoms with Crippen molar-refractivity contribution in [2.45, 2.75) is 102 Å². The maximum Gasteiger partial charge on any atom is 0.243 e. The Bertz CT molecular complexity index is 2890. The minimum absolute atomic E-state index is 0.0813. The van der Waals surface area contributed by atoms with Crippen LogP contribution in [0.2, 0.25) is 0 Å². The van der Waals surface area contributed by atoms with Gasteiger partial charge in [0.15, 0.2) is 11.6 Å². The van der Waals surface area contributed by atoms with Gasteiger partial charge in [0.25, 0.3) is 0 Å². The van der Waals surface area contributed by atoms with Crippen LogP contribution in [0.25, 0.3) is 28.3 Å². The van der Waals surface area contributed by atoms with Crippen molar-refractivity contribution < 1.29 is 29.1 Å². The summed E-state index contributed by atoms with van der Waals surface area (Å²) in [5.41, 5.74) is 11.1. The Morgan fingerprint density at radius 1 is 0.944 bits per heavy atom. The van der Waals surface area contributed by atoms with E-state index in [0.29, 0.717) is 40.1 Å². The lowest BCUT2D eigenvalue weighted by Gasteiger charge is -2.40. The number of benzene rings is 2. The molecule has 372 valence electrons. The van der Waals surface area contributed by atoms with Crippen molar-refractivity contribution in [3.05, 3.63) is 96.1 Å². The van der Waals surface area contributed by atoms with Crippen molar-refractivity contribution in [3.8, 4) is 40.1 Å². The molecule has 0 bridgehead atoms. The summed E-state index contributed by atoms with van der Waals surface area (Å²) in [6.45, 7) is 10.8. The number of carbonyl (C=O) groups excluding carboxylic acids is 2. The number of aromatic hydroxyl groups is 1. The summed E-state index contributed by atoms with van der Waals surface area (Å²) in [5.74, 6) is 8.32. The van der Waals surface area contributed by atoms with Crippen LogP contribution < -0.4 is 16.0 Å². The fourth-order valence-electron chi connectivity index (χ4n) is 10.8. The Morgan fingerprint density at radius 2 is 1.70 bits per heavy atom. The van der Waals surface area contributed by atoms with Crippen molar-refractivity contribution in [1.82, 2.24) is 44.4 Å². The Kier molecular flexibility index (Phi) is 13.9. The van der Waals surface area contributed by atoms with E-state index in [1.54, 1.807) is 22.7 Å². The number of aryl methyl sites for hydroxylation is 1. The van der Waals surface area contributed by atoms with Gasteiger partial charge in [-0.25, -0.2) is 4.98 Å². The summed E-state index contributed by atoms with van der Waals surface area (Å²) in [7, 11) is 1.90. The summed E-state index contributed by atoms with van der Waals surface area (Å²) in [6, 6.07) is 17.8. The van der Waals surface area contributed by atoms with Gasteiger partial charge in [0.05, 0.1) is 41.3 Å². The number of carbonyl (C=O) groups is 2. The number of imidazole rings is 1. The molecule has 4 aliphatic rings. The van der Waals surface area contributed by atoms with Gasteiger partial charge < -0.3 is 45.2 Å². The number of piperidine rings is 2. The summed E-state index contributed by atoms with van der Waals surface area (Å²) >= 11 is 0. The number of rotatable bonds is 13. The van der Waals surface area contributed by atoms with E-state index in [1.807, 2.05) is 93.4 Å². The molecule has 71 heavy (non-hydrogen) atoms. The molecule has 7 heterocycles. The van der Waals surface area contributed by atoms with Crippen molar-refractivity contribution in [3.63, 3.8) is 0 Å². The summed E-state index contributed by atoms with van der Waals surface area (Å²) in [5, 5.41) is 32.8. The number of ether oxygens (including phenoxy) is 1. The third-order valence-corrected chi connectivity index (χ3v) is 15.0. The molecule has 10 rings (SSSR count). The number of hydrogen-bond donors (Lipinski definition) is 4. The highest BCUT2D eigenvalue weighted by molar-refractivity contribution is 5.91. The first-order chi connectivity index (χ1) is 34.3. The van der Waals surface area contributed by atoms with E-state index < -0.39 is 18.1 Å². The number of aromatic nitrogens is 6. The average Bonchev–Trinajstić information content (AvgIpc) is 4.18. The van der Waals surface area contributed by atoms with Gasteiger partial charge in [-0.1, -0.05) is 67.2 Å². The van der Waals surface area contributed by atoms with E-state index in [4.69, 9.17) is 15.0 Å². The fraction of sp³-hybridized carbons (Fsp3) is 0.481. The number of hydrogen-bond acceptors (Lipinski definition) is 13. The minimum Gasteiger partial charge on any atom is -0.507 e. The van der Waals surface area contributed by atoms with E-state index in [9.17, 15) is 19.8 Å². The van der Waals surface area contributed by atoms with Crippen LogP contribution in [0.5, 0.6) is 5.75 Å². The predicted octanol–water partition coefficient (Wildman–Crippen LogP) is 6.18. The molecule has 1 saturated carbocycles. The normalized spacial score (nSPS) is 22.1. The Morgan fingerprint density at radius 3 is 2.42 bits per heavy atom. The second kappa shape index (κ2) is 20.5. The minimum atomic E-state index is -0.804. The number of nitrogens with one attached hydrogen (secondary N) is 1. The monoisotopic (exact) mass is 964 g/mol. The third kappa shape index (κ3) is 10.5. The fourth-order valence-corrected chi connectivity index (χ4v) is 10.8. The number of nitrogens with two attached hydrogens (primary N) is 1. The van der Waals surface area contributed by atoms with E-state index in [0.717, 1.165) is 93.9 Å². The zero-order valence-electron chi connectivity index (χ0n) is 41.0. The van der Waals surface area contributed by atoms with Crippen molar-refractivity contribution in [2.24, 2.45) is 24.8 Å². The zero-order chi connectivity index (χ0) is 49.3. The lowest BCUT2D eigenvalue weighted by Crippen LogP contribution is -2.48. The molecule has 0 spiro atoms. The van der Waals surface area contributed by atoms with Gasteiger partial charge in [0.2, 0.25) is 17.6 Å². The van der Waals surface area contributed by atoms with Crippen LogP contribution in [0.3, 0.4) is 0 Å². The number of phenolic OH excluding ortho intramolecular Hbond substituents is 1. The summed E-state index contributed by atoms with van der Waals surface area (Å²) in [6.07, 6.45) is 11.3. The zero-order valence-corrected chi connectivity index (χ0v) is 41.0. The first-order valence-electron chi connectivity index (χ1n) is 25.2. The molecule has 17 nitrogen and oxygen atoms in total. The standard InChI is InChI=1S/C54H65N11O6/c1-33(2)50(53(69)65-31-40(66)27-46(65)52(68)57-34(3)37-11-13-38(14-12-37)45-15-20-56-61(45)4)48-28-49(60-71-48)63-23-16-35(17-24-63)29-62-21-18-41(19-22-62)70-42-25-36(26-42)9-10-39-30-64-32-44(58-54(64)59-51(39)55)43-7-5-6-8-47(43)67/h5-8,11-15,20,28,30,32-36,40-42,46,50,66-67H,16-19,21-27,29,31H2,1-4H3,(H,57,68)(H2,55,58,59)/t34-,36-,40+,42-,46-,50+/m0/s1. The van der Waals surface area contributed by atoms with Crippen LogP contribution in [-0.4, -0.2) is 125 Å². The molecule has 4 fully saturated rings. The molecule has 0 radical (unpaired) electrons. The second-order valence-electron chi connectivity index (χ2n) is 20.4. The maximum absolute atomic E-state index is 14.3. The van der Waals surface area contributed by atoms with Gasteiger partial charge in [-0.15, -0.1) is 0 Å². The number of para-hydroxylation sites is 1. The highest BCUT2D eigenvalue weighted by Crippen LogP contribution is 2.36. The Balaban J connectivity index is 0.657. The van der Waals surface area contributed by atoms with Crippen LogP contribution >= 0.6 is 0 Å². The number of β-amino-alcohol motifs (C(OH)–C–C–N with tert-alkyl or cyclic N) is 1. The van der Waals surface area contributed by atoms with Crippen molar-refractivity contribution in [1.29, 1.82) is 0 Å². The molecule has 3 aliphatic heterocycles. The van der Waals surface area contributed by atoms with Gasteiger partial charge in [-0.2, -0.15) is 10.1 Å². The Labute approximate surface area is 414 Å².